The van der Waals surface area contributed by atoms with Gasteiger partial charge in [0.05, 0.1) is 35.5 Å². The molecule has 5 nitrogen and oxygen atoms in total. The van der Waals surface area contributed by atoms with Crippen LogP contribution in [0.4, 0.5) is 0 Å². The zero-order valence-electron chi connectivity index (χ0n) is 21.1. The minimum atomic E-state index is 0.309. The highest BCUT2D eigenvalue weighted by Crippen LogP contribution is 2.44. The van der Waals surface area contributed by atoms with Gasteiger partial charge in [-0.25, -0.2) is 9.97 Å². The molecule has 1 N–H and O–H groups in total. The van der Waals surface area contributed by atoms with Crippen LogP contribution >= 0.6 is 0 Å². The average Bonchev–Trinajstić information content (AvgIpc) is 3.71. The molecule has 0 radical (unpaired) electrons. The molecule has 1 atom stereocenters. The third-order valence-corrected chi connectivity index (χ3v) is 8.26. The second kappa shape index (κ2) is 9.55. The Bertz CT molecular complexity index is 1530. The Morgan fingerprint density at radius 3 is 2.65 bits per heavy atom. The number of imidazole rings is 1. The fourth-order valence-electron chi connectivity index (χ4n) is 6.41. The maximum Gasteiger partial charge on any atom is 0.214 e. The van der Waals surface area contributed by atoms with Crippen molar-refractivity contribution >= 4 is 10.9 Å². The highest BCUT2D eigenvalue weighted by Gasteiger charge is 2.30. The van der Waals surface area contributed by atoms with Crippen molar-refractivity contribution in [1.82, 2.24) is 19.5 Å². The van der Waals surface area contributed by atoms with Crippen molar-refractivity contribution in [3.63, 3.8) is 0 Å². The van der Waals surface area contributed by atoms with Crippen molar-refractivity contribution in [2.24, 2.45) is 0 Å². The highest BCUT2D eigenvalue weighted by atomic mass is 16.5. The van der Waals surface area contributed by atoms with Gasteiger partial charge in [0.1, 0.15) is 6.61 Å². The molecule has 1 fully saturated rings. The highest BCUT2D eigenvalue weighted by molar-refractivity contribution is 5.95. The lowest BCUT2D eigenvalue weighted by molar-refractivity contribution is 0.294. The Hall–Kier alpha value is -3.86. The molecule has 3 heterocycles. The van der Waals surface area contributed by atoms with Crippen LogP contribution in [0.5, 0.6) is 5.88 Å². The molecule has 7 rings (SSSR count). The molecule has 2 aliphatic carbocycles. The minimum absolute atomic E-state index is 0.309. The number of aromatic amines is 1. The fourth-order valence-corrected chi connectivity index (χ4v) is 6.41. The van der Waals surface area contributed by atoms with Gasteiger partial charge in [0, 0.05) is 29.1 Å². The third kappa shape index (κ3) is 4.12. The van der Waals surface area contributed by atoms with E-state index in [1.165, 1.54) is 60.2 Å². The average molecular weight is 489 g/mol. The largest absolute Gasteiger partial charge is 0.473 e. The number of hydrogen-bond acceptors (Lipinski definition) is 3. The SMILES string of the molecule is c1ccc(COc2cc3c(-c4c(C5CCCC5)ncn4C4CCCc5ccccc54)c[nH]c3cn2)cc1. The summed E-state index contributed by atoms with van der Waals surface area (Å²) < 4.78 is 8.59. The van der Waals surface area contributed by atoms with Gasteiger partial charge in [-0.15, -0.1) is 0 Å². The molecular weight excluding hydrogens is 456 g/mol. The smallest absolute Gasteiger partial charge is 0.214 e. The molecule has 3 aromatic heterocycles. The van der Waals surface area contributed by atoms with Gasteiger partial charge in [0.25, 0.3) is 0 Å². The lowest BCUT2D eigenvalue weighted by Gasteiger charge is -2.28. The molecule has 0 amide bonds. The summed E-state index contributed by atoms with van der Waals surface area (Å²) in [4.78, 5) is 13.2. The lowest BCUT2D eigenvalue weighted by Crippen LogP contribution is -2.17. The molecule has 186 valence electrons. The third-order valence-electron chi connectivity index (χ3n) is 8.26. The fraction of sp³-hybridized carbons (Fsp3) is 0.312. The molecule has 1 unspecified atom stereocenters. The normalized spacial score (nSPS) is 17.8. The van der Waals surface area contributed by atoms with Crippen LogP contribution in [0.1, 0.15) is 72.9 Å². The van der Waals surface area contributed by atoms with Crippen LogP contribution in [0.2, 0.25) is 0 Å². The van der Waals surface area contributed by atoms with Gasteiger partial charge in [0.2, 0.25) is 5.88 Å². The van der Waals surface area contributed by atoms with Crippen LogP contribution in [0, 0.1) is 0 Å². The zero-order valence-corrected chi connectivity index (χ0v) is 21.1. The second-order valence-electron chi connectivity index (χ2n) is 10.5. The number of hydrogen-bond donors (Lipinski definition) is 1. The molecule has 1 saturated carbocycles. The van der Waals surface area contributed by atoms with Crippen molar-refractivity contribution in [3.8, 4) is 17.1 Å². The van der Waals surface area contributed by atoms with Crippen molar-refractivity contribution in [1.29, 1.82) is 0 Å². The van der Waals surface area contributed by atoms with Crippen LogP contribution in [-0.2, 0) is 13.0 Å². The monoisotopic (exact) mass is 488 g/mol. The molecule has 0 aliphatic heterocycles. The minimum Gasteiger partial charge on any atom is -0.473 e. The maximum absolute atomic E-state index is 6.12. The van der Waals surface area contributed by atoms with Gasteiger partial charge < -0.3 is 14.3 Å². The van der Waals surface area contributed by atoms with Crippen LogP contribution in [0.25, 0.3) is 22.2 Å². The van der Waals surface area contributed by atoms with Crippen LogP contribution in [-0.4, -0.2) is 19.5 Å². The molecule has 5 aromatic rings. The summed E-state index contributed by atoms with van der Waals surface area (Å²) in [6.07, 6.45) is 14.7. The number of aromatic nitrogens is 4. The Morgan fingerprint density at radius 2 is 1.76 bits per heavy atom. The summed E-state index contributed by atoms with van der Waals surface area (Å²) >= 11 is 0. The number of nitrogens with zero attached hydrogens (tertiary/aromatic N) is 3. The first-order valence-corrected chi connectivity index (χ1v) is 13.6. The Balaban J connectivity index is 1.33. The topological polar surface area (TPSA) is 55.7 Å². The first-order chi connectivity index (χ1) is 18.3. The van der Waals surface area contributed by atoms with E-state index in [-0.39, 0.29) is 0 Å². The van der Waals surface area contributed by atoms with Crippen molar-refractivity contribution in [3.05, 3.63) is 102 Å². The quantitative estimate of drug-likeness (QED) is 0.268. The molecule has 0 saturated heterocycles. The predicted octanol–water partition coefficient (Wildman–Crippen LogP) is 7.59. The number of nitrogens with one attached hydrogen (secondary N) is 1. The standard InChI is InChI=1S/C32H32N4O/c1-2-9-22(10-3-1)20-37-30-17-26-27(18-33-28(26)19-34-30)32-31(24-12-4-5-13-24)35-21-36(32)29-16-8-14-23-11-6-7-15-25(23)29/h1-3,6-7,9-11,15,17-19,21,24,29,33H,4-5,8,12-14,16,20H2. The molecule has 2 aromatic carbocycles. The van der Waals surface area contributed by atoms with Gasteiger partial charge >= 0.3 is 0 Å². The second-order valence-corrected chi connectivity index (χ2v) is 10.5. The van der Waals surface area contributed by atoms with E-state index in [2.05, 4.69) is 69.5 Å². The van der Waals surface area contributed by atoms with Gasteiger partial charge in [-0.2, -0.15) is 0 Å². The van der Waals surface area contributed by atoms with E-state index < -0.39 is 0 Å². The number of benzene rings is 2. The van der Waals surface area contributed by atoms with Crippen LogP contribution in [0.15, 0.2) is 79.4 Å². The summed E-state index contributed by atoms with van der Waals surface area (Å²) in [7, 11) is 0. The van der Waals surface area contributed by atoms with Gasteiger partial charge in [0.15, 0.2) is 0 Å². The molecule has 2 aliphatic rings. The summed E-state index contributed by atoms with van der Waals surface area (Å²) in [5, 5.41) is 1.14. The Kier molecular flexibility index (Phi) is 5.77. The number of H-pyrrole nitrogens is 1. The summed E-state index contributed by atoms with van der Waals surface area (Å²) in [5.41, 5.74) is 8.79. The van der Waals surface area contributed by atoms with Crippen molar-refractivity contribution in [2.75, 3.05) is 0 Å². The van der Waals surface area contributed by atoms with Gasteiger partial charge in [-0.3, -0.25) is 0 Å². The predicted molar refractivity (Wildman–Crippen MR) is 147 cm³/mol. The van der Waals surface area contributed by atoms with Crippen LogP contribution in [0.3, 0.4) is 0 Å². The molecular formula is C32H32N4O. The summed E-state index contributed by atoms with van der Waals surface area (Å²) in [6.45, 7) is 0.503. The van der Waals surface area contributed by atoms with Gasteiger partial charge in [-0.1, -0.05) is 67.4 Å². The number of pyridine rings is 1. The van der Waals surface area contributed by atoms with E-state index in [1.807, 2.05) is 24.4 Å². The Morgan fingerprint density at radius 1 is 0.919 bits per heavy atom. The van der Waals surface area contributed by atoms with E-state index in [9.17, 15) is 0 Å². The molecule has 0 bridgehead atoms. The van der Waals surface area contributed by atoms with Crippen molar-refractivity contribution in [2.45, 2.75) is 63.5 Å². The Labute approximate surface area is 217 Å². The van der Waals surface area contributed by atoms with Gasteiger partial charge in [-0.05, 0) is 48.8 Å². The van der Waals surface area contributed by atoms with Crippen LogP contribution < -0.4 is 4.74 Å². The van der Waals surface area contributed by atoms with Crippen molar-refractivity contribution < 1.29 is 4.74 Å². The summed E-state index contributed by atoms with van der Waals surface area (Å²) in [5.74, 6) is 1.17. The molecule has 5 heteroatoms. The van der Waals surface area contributed by atoms with E-state index in [0.717, 1.165) is 29.3 Å². The number of rotatable bonds is 6. The van der Waals surface area contributed by atoms with E-state index in [4.69, 9.17) is 9.72 Å². The molecule has 37 heavy (non-hydrogen) atoms. The maximum atomic E-state index is 6.12. The van der Waals surface area contributed by atoms with E-state index in [0.29, 0.717) is 24.4 Å². The number of aryl methyl sites for hydroxylation is 1. The van der Waals surface area contributed by atoms with E-state index in [1.54, 1.807) is 0 Å². The zero-order chi connectivity index (χ0) is 24.6. The summed E-state index contributed by atoms with van der Waals surface area (Å²) in [6, 6.07) is 21.6. The lowest BCUT2D eigenvalue weighted by atomic mass is 9.87. The first-order valence-electron chi connectivity index (χ1n) is 13.6. The number of fused-ring (bicyclic) bond motifs is 2. The van der Waals surface area contributed by atoms with E-state index >= 15 is 0 Å². The first kappa shape index (κ1) is 22.3. The number of ether oxygens (including phenoxy) is 1. The molecule has 0 spiro atoms.